The Morgan fingerprint density at radius 3 is 2.44 bits per heavy atom. The lowest BCUT2D eigenvalue weighted by Gasteiger charge is -2.21. The van der Waals surface area contributed by atoms with Gasteiger partial charge in [-0.2, -0.15) is 0 Å². The lowest BCUT2D eigenvalue weighted by Crippen LogP contribution is -2.38. The molecule has 18 heavy (non-hydrogen) atoms. The number of hydrogen-bond donors (Lipinski definition) is 1. The Kier molecular flexibility index (Phi) is 5.08. The van der Waals surface area contributed by atoms with Gasteiger partial charge in [0.05, 0.1) is 6.04 Å². The quantitative estimate of drug-likeness (QED) is 0.791. The third kappa shape index (κ3) is 3.43. The van der Waals surface area contributed by atoms with Crippen LogP contribution in [0.25, 0.3) is 0 Å². The second-order valence-electron chi connectivity index (χ2n) is 4.13. The topological polar surface area (TPSA) is 88.5 Å². The average molecular weight is 255 g/mol. The van der Waals surface area contributed by atoms with Crippen LogP contribution in [-0.2, 0) is 4.79 Å². The molecule has 0 radical (unpaired) electrons. The minimum Gasteiger partial charge on any atom is -0.406 e. The van der Waals surface area contributed by atoms with Crippen molar-refractivity contribution in [3.05, 3.63) is 5.89 Å². The maximum absolute atomic E-state index is 11.9. The lowest BCUT2D eigenvalue weighted by atomic mass is 10.4. The van der Waals surface area contributed by atoms with Crippen LogP contribution in [0.15, 0.2) is 4.42 Å². The third-order valence-corrected chi connectivity index (χ3v) is 2.63. The molecule has 2 N–H and O–H groups in total. The van der Waals surface area contributed by atoms with Crippen LogP contribution in [0.5, 0.6) is 0 Å². The Morgan fingerprint density at radius 2 is 2.00 bits per heavy atom. The van der Waals surface area contributed by atoms with Gasteiger partial charge in [0, 0.05) is 20.1 Å². The molecule has 0 aliphatic heterocycles. The molecule has 0 saturated carbocycles. The molecule has 1 rings (SSSR count). The normalized spacial score (nSPS) is 12.3. The van der Waals surface area contributed by atoms with Crippen LogP contribution in [0.4, 0.5) is 6.01 Å². The zero-order valence-corrected chi connectivity index (χ0v) is 11.4. The van der Waals surface area contributed by atoms with E-state index in [9.17, 15) is 4.79 Å². The van der Waals surface area contributed by atoms with E-state index in [1.165, 1.54) is 0 Å². The molecule has 1 aromatic heterocycles. The zero-order valence-electron chi connectivity index (χ0n) is 11.4. The first kappa shape index (κ1) is 14.4. The predicted molar refractivity (Wildman–Crippen MR) is 68.1 cm³/mol. The Hall–Kier alpha value is -1.63. The minimum absolute atomic E-state index is 0.0306. The van der Waals surface area contributed by atoms with Gasteiger partial charge in [0.15, 0.2) is 0 Å². The average Bonchev–Trinajstić information content (AvgIpc) is 2.79. The molecule has 1 amide bonds. The van der Waals surface area contributed by atoms with Crippen molar-refractivity contribution < 1.29 is 9.21 Å². The molecule has 0 saturated heterocycles. The summed E-state index contributed by atoms with van der Waals surface area (Å²) in [6.45, 7) is 7.25. The van der Waals surface area contributed by atoms with Crippen LogP contribution >= 0.6 is 0 Å². The van der Waals surface area contributed by atoms with E-state index < -0.39 is 0 Å². The molecule has 1 heterocycles. The van der Waals surface area contributed by atoms with Crippen molar-refractivity contribution in [3.63, 3.8) is 0 Å². The SMILES string of the molecule is CCN(CC)C(=O)CN(C)c1nnc(C(C)N)o1. The van der Waals surface area contributed by atoms with Crippen molar-refractivity contribution in [3.8, 4) is 0 Å². The number of amides is 1. The highest BCUT2D eigenvalue weighted by atomic mass is 16.4. The summed E-state index contributed by atoms with van der Waals surface area (Å²) in [6.07, 6.45) is 0. The highest BCUT2D eigenvalue weighted by Crippen LogP contribution is 2.14. The summed E-state index contributed by atoms with van der Waals surface area (Å²) in [6, 6.07) is 0.000870. The molecule has 0 bridgehead atoms. The Morgan fingerprint density at radius 1 is 1.39 bits per heavy atom. The van der Waals surface area contributed by atoms with Crippen molar-refractivity contribution in [2.24, 2.45) is 5.73 Å². The fourth-order valence-electron chi connectivity index (χ4n) is 1.51. The maximum Gasteiger partial charge on any atom is 0.318 e. The van der Waals surface area contributed by atoms with Crippen molar-refractivity contribution >= 4 is 11.9 Å². The Labute approximate surface area is 107 Å². The highest BCUT2D eigenvalue weighted by Gasteiger charge is 2.17. The van der Waals surface area contributed by atoms with Gasteiger partial charge in [0.25, 0.3) is 0 Å². The zero-order chi connectivity index (χ0) is 13.7. The van der Waals surface area contributed by atoms with E-state index in [-0.39, 0.29) is 18.5 Å². The van der Waals surface area contributed by atoms with Gasteiger partial charge < -0.3 is 20.0 Å². The van der Waals surface area contributed by atoms with Crippen LogP contribution in [-0.4, -0.2) is 47.7 Å². The summed E-state index contributed by atoms with van der Waals surface area (Å²) < 4.78 is 5.36. The van der Waals surface area contributed by atoms with Gasteiger partial charge >= 0.3 is 6.01 Å². The van der Waals surface area contributed by atoms with Gasteiger partial charge in [0.2, 0.25) is 11.8 Å². The molecule has 1 atom stereocenters. The first-order valence-corrected chi connectivity index (χ1v) is 6.07. The fourth-order valence-corrected chi connectivity index (χ4v) is 1.51. The van der Waals surface area contributed by atoms with E-state index in [0.717, 1.165) is 0 Å². The van der Waals surface area contributed by atoms with Gasteiger partial charge in [-0.3, -0.25) is 4.79 Å². The fraction of sp³-hybridized carbons (Fsp3) is 0.727. The molecule has 0 aliphatic carbocycles. The number of carbonyl (C=O) groups excluding carboxylic acids is 1. The van der Waals surface area contributed by atoms with Gasteiger partial charge in [-0.25, -0.2) is 0 Å². The first-order valence-electron chi connectivity index (χ1n) is 6.07. The monoisotopic (exact) mass is 255 g/mol. The predicted octanol–water partition coefficient (Wildman–Crippen LogP) is 0.394. The molecule has 7 nitrogen and oxygen atoms in total. The summed E-state index contributed by atoms with van der Waals surface area (Å²) in [5.41, 5.74) is 5.63. The van der Waals surface area contributed by atoms with E-state index >= 15 is 0 Å². The standard InChI is InChI=1S/C11H21N5O2/c1-5-16(6-2)9(17)7-15(4)11-14-13-10(18-11)8(3)12/h8H,5-7,12H2,1-4H3. The molecular weight excluding hydrogens is 234 g/mol. The van der Waals surface area contributed by atoms with Gasteiger partial charge in [-0.1, -0.05) is 5.10 Å². The van der Waals surface area contributed by atoms with Gasteiger partial charge in [0.1, 0.15) is 6.54 Å². The first-order chi connectivity index (χ1) is 8.49. The van der Waals surface area contributed by atoms with Crippen LogP contribution in [0, 0.1) is 0 Å². The number of likely N-dealkylation sites (N-methyl/N-ethyl adjacent to an activating group) is 2. The van der Waals surface area contributed by atoms with Crippen LogP contribution in [0.2, 0.25) is 0 Å². The maximum atomic E-state index is 11.9. The molecule has 7 heteroatoms. The lowest BCUT2D eigenvalue weighted by molar-refractivity contribution is -0.129. The summed E-state index contributed by atoms with van der Waals surface area (Å²) >= 11 is 0. The number of aromatic nitrogens is 2. The molecular formula is C11H21N5O2. The van der Waals surface area contributed by atoms with Crippen LogP contribution < -0.4 is 10.6 Å². The van der Waals surface area contributed by atoms with Crippen molar-refractivity contribution in [2.45, 2.75) is 26.8 Å². The number of anilines is 1. The summed E-state index contributed by atoms with van der Waals surface area (Å²) in [7, 11) is 1.74. The Balaban J connectivity index is 2.64. The molecule has 0 aliphatic rings. The van der Waals surface area contributed by atoms with Gasteiger partial charge in [-0.15, -0.1) is 5.10 Å². The van der Waals surface area contributed by atoms with E-state index in [0.29, 0.717) is 25.0 Å². The summed E-state index contributed by atoms with van der Waals surface area (Å²) in [4.78, 5) is 15.3. The van der Waals surface area contributed by atoms with Crippen molar-refractivity contribution in [2.75, 3.05) is 31.6 Å². The van der Waals surface area contributed by atoms with Crippen LogP contribution in [0.1, 0.15) is 32.7 Å². The minimum atomic E-state index is -0.307. The van der Waals surface area contributed by atoms with E-state index in [2.05, 4.69) is 10.2 Å². The second kappa shape index (κ2) is 6.34. The number of carbonyl (C=O) groups is 1. The number of rotatable bonds is 6. The van der Waals surface area contributed by atoms with E-state index in [1.54, 1.807) is 23.8 Å². The molecule has 1 aromatic rings. The van der Waals surface area contributed by atoms with E-state index in [4.69, 9.17) is 10.2 Å². The number of nitrogens with zero attached hydrogens (tertiary/aromatic N) is 4. The molecule has 0 aromatic carbocycles. The highest BCUT2D eigenvalue weighted by molar-refractivity contribution is 5.80. The molecule has 0 spiro atoms. The van der Waals surface area contributed by atoms with Crippen molar-refractivity contribution in [1.82, 2.24) is 15.1 Å². The van der Waals surface area contributed by atoms with Gasteiger partial charge in [-0.05, 0) is 20.8 Å². The largest absolute Gasteiger partial charge is 0.406 e. The number of nitrogens with two attached hydrogens (primary N) is 1. The second-order valence-corrected chi connectivity index (χ2v) is 4.13. The molecule has 1 unspecified atom stereocenters. The summed E-state index contributed by atoms with van der Waals surface area (Å²) in [5.74, 6) is 0.398. The van der Waals surface area contributed by atoms with Crippen LogP contribution in [0.3, 0.4) is 0 Å². The Bertz CT molecular complexity index is 387. The van der Waals surface area contributed by atoms with Crippen molar-refractivity contribution in [1.29, 1.82) is 0 Å². The smallest absolute Gasteiger partial charge is 0.318 e. The van der Waals surface area contributed by atoms with E-state index in [1.807, 2.05) is 13.8 Å². The molecule has 102 valence electrons. The number of hydrogen-bond acceptors (Lipinski definition) is 6. The summed E-state index contributed by atoms with van der Waals surface area (Å²) in [5, 5.41) is 7.68. The third-order valence-electron chi connectivity index (χ3n) is 2.63. The molecule has 0 fully saturated rings.